The zero-order valence-electron chi connectivity index (χ0n) is 12.7. The van der Waals surface area contributed by atoms with Crippen molar-refractivity contribution >= 4 is 16.9 Å². The molecular weight excluding hydrogens is 278 g/mol. The third-order valence-electron chi connectivity index (χ3n) is 2.91. The number of hydrogen-bond donors (Lipinski definition) is 1. The average Bonchev–Trinajstić information content (AvgIpc) is 2.46. The van der Waals surface area contributed by atoms with E-state index in [1.807, 2.05) is 60.7 Å². The van der Waals surface area contributed by atoms with Gasteiger partial charge in [0.05, 0.1) is 0 Å². The molecule has 0 saturated heterocycles. The van der Waals surface area contributed by atoms with Crippen molar-refractivity contribution in [3.63, 3.8) is 0 Å². The zero-order valence-corrected chi connectivity index (χ0v) is 13.5. The second-order valence-corrected chi connectivity index (χ2v) is 7.05. The van der Waals surface area contributed by atoms with Gasteiger partial charge in [0.15, 0.2) is 0 Å². The molecule has 2 aromatic rings. The van der Waals surface area contributed by atoms with Crippen LogP contribution in [0.3, 0.4) is 0 Å². The van der Waals surface area contributed by atoms with E-state index in [1.54, 1.807) is 0 Å². The SMILES string of the molecule is CC(C)(C)NC(C(=O)Sc1ccccc1)c1ccccc1. The maximum absolute atomic E-state index is 12.7. The van der Waals surface area contributed by atoms with E-state index < -0.39 is 0 Å². The summed E-state index contributed by atoms with van der Waals surface area (Å²) < 4.78 is 0. The number of nitrogens with one attached hydrogen (secondary N) is 1. The first-order valence-corrected chi connectivity index (χ1v) is 7.87. The van der Waals surface area contributed by atoms with Crippen LogP contribution in [0.1, 0.15) is 32.4 Å². The Kier molecular flexibility index (Phi) is 5.21. The highest BCUT2D eigenvalue weighted by atomic mass is 32.2. The molecule has 1 atom stereocenters. The number of benzene rings is 2. The highest BCUT2D eigenvalue weighted by Crippen LogP contribution is 2.27. The number of hydrogen-bond acceptors (Lipinski definition) is 3. The van der Waals surface area contributed by atoms with Crippen molar-refractivity contribution in [3.05, 3.63) is 66.2 Å². The summed E-state index contributed by atoms with van der Waals surface area (Å²) in [7, 11) is 0. The molecule has 0 heterocycles. The summed E-state index contributed by atoms with van der Waals surface area (Å²) in [5.74, 6) is 0. The molecule has 0 fully saturated rings. The molecule has 0 radical (unpaired) electrons. The number of carbonyl (C=O) groups is 1. The van der Waals surface area contributed by atoms with Crippen LogP contribution in [0.5, 0.6) is 0 Å². The number of rotatable bonds is 4. The van der Waals surface area contributed by atoms with Crippen LogP contribution in [0.2, 0.25) is 0 Å². The molecule has 2 aromatic carbocycles. The molecule has 0 aliphatic heterocycles. The molecule has 110 valence electrons. The summed E-state index contributed by atoms with van der Waals surface area (Å²) in [5.41, 5.74) is 0.869. The van der Waals surface area contributed by atoms with E-state index in [4.69, 9.17) is 0 Å². The minimum absolute atomic E-state index is 0.113. The molecule has 1 N–H and O–H groups in total. The Hall–Kier alpha value is -1.58. The van der Waals surface area contributed by atoms with Crippen molar-refractivity contribution in [1.82, 2.24) is 5.32 Å². The first kappa shape index (κ1) is 15.8. The van der Waals surface area contributed by atoms with Gasteiger partial charge < -0.3 is 0 Å². The van der Waals surface area contributed by atoms with E-state index in [-0.39, 0.29) is 16.7 Å². The van der Waals surface area contributed by atoms with Crippen LogP contribution in [-0.4, -0.2) is 10.7 Å². The van der Waals surface area contributed by atoms with Gasteiger partial charge in [-0.05, 0) is 50.2 Å². The van der Waals surface area contributed by atoms with Crippen LogP contribution in [0.25, 0.3) is 0 Å². The van der Waals surface area contributed by atoms with Crippen molar-refractivity contribution in [2.24, 2.45) is 0 Å². The third-order valence-corrected chi connectivity index (χ3v) is 3.85. The smallest absolute Gasteiger partial charge is 0.215 e. The van der Waals surface area contributed by atoms with Crippen LogP contribution < -0.4 is 5.32 Å². The molecule has 0 spiro atoms. The molecule has 0 aromatic heterocycles. The molecular formula is C18H21NOS. The van der Waals surface area contributed by atoms with E-state index in [0.29, 0.717) is 0 Å². The fraction of sp³-hybridized carbons (Fsp3) is 0.278. The molecule has 0 aliphatic rings. The second kappa shape index (κ2) is 6.92. The summed E-state index contributed by atoms with van der Waals surface area (Å²) in [6, 6.07) is 19.3. The Morgan fingerprint density at radius 3 is 2.00 bits per heavy atom. The average molecular weight is 299 g/mol. The van der Waals surface area contributed by atoms with E-state index in [9.17, 15) is 4.79 Å². The van der Waals surface area contributed by atoms with Crippen molar-refractivity contribution in [3.8, 4) is 0 Å². The van der Waals surface area contributed by atoms with Gasteiger partial charge in [-0.25, -0.2) is 0 Å². The fourth-order valence-electron chi connectivity index (χ4n) is 2.02. The number of carbonyl (C=O) groups excluding carboxylic acids is 1. The molecule has 2 nitrogen and oxygen atoms in total. The molecule has 21 heavy (non-hydrogen) atoms. The Bertz CT molecular complexity index is 575. The lowest BCUT2D eigenvalue weighted by Gasteiger charge is -2.27. The molecule has 3 heteroatoms. The second-order valence-electron chi connectivity index (χ2n) is 5.97. The molecule has 0 amide bonds. The summed E-state index contributed by atoms with van der Waals surface area (Å²) in [6.07, 6.45) is 0. The maximum atomic E-state index is 12.7. The maximum Gasteiger partial charge on any atom is 0.215 e. The van der Waals surface area contributed by atoms with Gasteiger partial charge in [-0.15, -0.1) is 0 Å². The van der Waals surface area contributed by atoms with Crippen LogP contribution in [0, 0.1) is 0 Å². The van der Waals surface area contributed by atoms with Gasteiger partial charge in [0.1, 0.15) is 6.04 Å². The summed E-state index contributed by atoms with van der Waals surface area (Å²) in [4.78, 5) is 13.7. The Balaban J connectivity index is 2.21. The van der Waals surface area contributed by atoms with Gasteiger partial charge in [-0.1, -0.05) is 48.5 Å². The minimum Gasteiger partial charge on any atom is -0.298 e. The largest absolute Gasteiger partial charge is 0.298 e. The van der Waals surface area contributed by atoms with Crippen molar-refractivity contribution in [1.29, 1.82) is 0 Å². The lowest BCUT2D eigenvalue weighted by molar-refractivity contribution is -0.113. The topological polar surface area (TPSA) is 29.1 Å². The van der Waals surface area contributed by atoms with E-state index in [0.717, 1.165) is 10.5 Å². The van der Waals surface area contributed by atoms with E-state index >= 15 is 0 Å². The predicted molar refractivity (Wildman–Crippen MR) is 89.4 cm³/mol. The van der Waals surface area contributed by atoms with Crippen LogP contribution >= 0.6 is 11.8 Å². The van der Waals surface area contributed by atoms with Gasteiger partial charge in [-0.3, -0.25) is 10.1 Å². The van der Waals surface area contributed by atoms with Crippen LogP contribution in [0.4, 0.5) is 0 Å². The van der Waals surface area contributed by atoms with Gasteiger partial charge in [-0.2, -0.15) is 0 Å². The molecule has 0 bridgehead atoms. The molecule has 2 rings (SSSR count). The van der Waals surface area contributed by atoms with Gasteiger partial charge in [0.2, 0.25) is 5.12 Å². The Morgan fingerprint density at radius 1 is 0.952 bits per heavy atom. The lowest BCUT2D eigenvalue weighted by Crippen LogP contribution is -2.41. The number of thioether (sulfide) groups is 1. The Morgan fingerprint density at radius 2 is 1.48 bits per heavy atom. The normalized spacial score (nSPS) is 12.9. The van der Waals surface area contributed by atoms with Crippen molar-refractivity contribution < 1.29 is 4.79 Å². The summed E-state index contributed by atoms with van der Waals surface area (Å²) in [6.45, 7) is 6.22. The fourth-order valence-corrected chi connectivity index (χ4v) is 2.86. The standard InChI is InChI=1S/C18H21NOS/c1-18(2,3)19-16(14-10-6-4-7-11-14)17(20)21-15-12-8-5-9-13-15/h4-13,16,19H,1-3H3. The van der Waals surface area contributed by atoms with Gasteiger partial charge in [0.25, 0.3) is 0 Å². The Labute approximate surface area is 131 Å². The summed E-state index contributed by atoms with van der Waals surface area (Å²) in [5, 5.41) is 3.54. The van der Waals surface area contributed by atoms with Gasteiger partial charge in [0, 0.05) is 10.4 Å². The highest BCUT2D eigenvalue weighted by molar-refractivity contribution is 8.13. The molecule has 0 aliphatic carbocycles. The molecule has 0 saturated carbocycles. The monoisotopic (exact) mass is 299 g/mol. The van der Waals surface area contributed by atoms with E-state index in [1.165, 1.54) is 11.8 Å². The van der Waals surface area contributed by atoms with E-state index in [2.05, 4.69) is 26.1 Å². The predicted octanol–water partition coefficient (Wildman–Crippen LogP) is 4.43. The van der Waals surface area contributed by atoms with Crippen molar-refractivity contribution in [2.75, 3.05) is 0 Å². The van der Waals surface area contributed by atoms with Gasteiger partial charge >= 0.3 is 0 Å². The third kappa shape index (κ3) is 5.03. The first-order valence-electron chi connectivity index (χ1n) is 7.05. The van der Waals surface area contributed by atoms with Crippen LogP contribution in [0.15, 0.2) is 65.6 Å². The minimum atomic E-state index is -0.309. The molecule has 1 unspecified atom stereocenters. The highest BCUT2D eigenvalue weighted by Gasteiger charge is 2.25. The van der Waals surface area contributed by atoms with Crippen LogP contribution in [-0.2, 0) is 4.79 Å². The summed E-state index contributed by atoms with van der Waals surface area (Å²) >= 11 is 1.29. The first-order chi connectivity index (χ1) is 9.96. The zero-order chi connectivity index (χ0) is 15.3. The quantitative estimate of drug-likeness (QED) is 0.847. The van der Waals surface area contributed by atoms with Crippen molar-refractivity contribution in [2.45, 2.75) is 37.2 Å². The lowest BCUT2D eigenvalue weighted by atomic mass is 10.0.